The number of hydrogen-bond donors (Lipinski definition) is 1. The highest BCUT2D eigenvalue weighted by Gasteiger charge is 2.30. The Labute approximate surface area is 141 Å². The van der Waals surface area contributed by atoms with E-state index in [2.05, 4.69) is 15.3 Å². The lowest BCUT2D eigenvalue weighted by atomic mass is 10.2. The molecule has 2 aromatic heterocycles. The highest BCUT2D eigenvalue weighted by molar-refractivity contribution is 7.09. The molecule has 23 heavy (non-hydrogen) atoms. The molecule has 3 rings (SSSR count). The molecule has 2 amide bonds. The van der Waals surface area contributed by atoms with Crippen molar-refractivity contribution < 1.29 is 14.3 Å². The van der Waals surface area contributed by atoms with Crippen molar-refractivity contribution in [2.45, 2.75) is 6.10 Å². The predicted octanol–water partition coefficient (Wildman–Crippen LogP) is 1.73. The molecule has 9 heteroatoms. The van der Waals surface area contributed by atoms with Crippen molar-refractivity contribution in [2.75, 3.05) is 25.0 Å². The Balaban J connectivity index is 1.62. The molecule has 0 spiro atoms. The van der Waals surface area contributed by atoms with Gasteiger partial charge >= 0.3 is 11.8 Å². The van der Waals surface area contributed by atoms with E-state index in [1.54, 1.807) is 12.3 Å². The first-order valence-corrected chi connectivity index (χ1v) is 8.12. The second-order valence-electron chi connectivity index (χ2n) is 4.80. The Morgan fingerprint density at radius 1 is 1.39 bits per heavy atom. The third-order valence-corrected chi connectivity index (χ3v) is 4.35. The van der Waals surface area contributed by atoms with Gasteiger partial charge in [-0.1, -0.05) is 11.6 Å². The van der Waals surface area contributed by atoms with E-state index >= 15 is 0 Å². The number of hydrogen-bond acceptors (Lipinski definition) is 6. The summed E-state index contributed by atoms with van der Waals surface area (Å²) < 4.78 is 5.61. The number of halogens is 1. The lowest BCUT2D eigenvalue weighted by molar-refractivity contribution is -0.148. The Kier molecular flexibility index (Phi) is 4.85. The van der Waals surface area contributed by atoms with Crippen LogP contribution in [0.2, 0.25) is 5.15 Å². The number of ether oxygens (including phenoxy) is 1. The van der Waals surface area contributed by atoms with Gasteiger partial charge in [0.1, 0.15) is 16.3 Å². The fraction of sp³-hybridized carbons (Fsp3) is 0.286. The minimum absolute atomic E-state index is 0.294. The number of carbonyl (C=O) groups is 2. The molecule has 1 fully saturated rings. The number of amides is 2. The van der Waals surface area contributed by atoms with Gasteiger partial charge in [0.15, 0.2) is 0 Å². The van der Waals surface area contributed by atoms with E-state index < -0.39 is 11.8 Å². The number of nitrogens with one attached hydrogen (secondary N) is 1. The van der Waals surface area contributed by atoms with Crippen molar-refractivity contribution in [3.05, 3.63) is 40.1 Å². The van der Waals surface area contributed by atoms with E-state index in [1.165, 1.54) is 28.5 Å². The molecule has 0 saturated carbocycles. The summed E-state index contributed by atoms with van der Waals surface area (Å²) in [6.45, 7) is 1.04. The largest absolute Gasteiger partial charge is 0.367 e. The van der Waals surface area contributed by atoms with E-state index in [-0.39, 0.29) is 6.10 Å². The molecule has 1 atom stereocenters. The van der Waals surface area contributed by atoms with E-state index in [1.807, 2.05) is 5.38 Å². The quantitative estimate of drug-likeness (QED) is 0.657. The van der Waals surface area contributed by atoms with Gasteiger partial charge in [-0.2, -0.15) is 0 Å². The first kappa shape index (κ1) is 15.9. The summed E-state index contributed by atoms with van der Waals surface area (Å²) in [6, 6.07) is 3.12. The number of morpholine rings is 1. The Bertz CT molecular complexity index is 693. The maximum atomic E-state index is 12.3. The third-order valence-electron chi connectivity index (χ3n) is 3.26. The third kappa shape index (κ3) is 3.84. The average Bonchev–Trinajstić information content (AvgIpc) is 3.11. The van der Waals surface area contributed by atoms with Crippen LogP contribution in [0.4, 0.5) is 5.69 Å². The van der Waals surface area contributed by atoms with Gasteiger partial charge in [-0.3, -0.25) is 9.59 Å². The summed E-state index contributed by atoms with van der Waals surface area (Å²) in [6.07, 6.45) is 2.79. The lowest BCUT2D eigenvalue weighted by Gasteiger charge is -2.31. The molecule has 0 aromatic carbocycles. The Morgan fingerprint density at radius 3 is 2.96 bits per heavy atom. The standard InChI is InChI=1S/C14H13ClN4O3S/c15-11-2-1-9(7-17-11)18-12(20)14(21)19-4-5-22-10(8-19)13-16-3-6-23-13/h1-3,6-7,10H,4-5,8H2,(H,18,20)/t10-/m1/s1. The summed E-state index contributed by atoms with van der Waals surface area (Å²) in [5, 5.41) is 5.47. The van der Waals surface area contributed by atoms with Crippen LogP contribution in [-0.2, 0) is 14.3 Å². The van der Waals surface area contributed by atoms with Crippen LogP contribution in [-0.4, -0.2) is 46.4 Å². The molecular weight excluding hydrogens is 340 g/mol. The summed E-state index contributed by atoms with van der Waals surface area (Å²) >= 11 is 7.14. The molecule has 0 radical (unpaired) electrons. The molecule has 3 heterocycles. The molecular formula is C14H13ClN4O3S. The van der Waals surface area contributed by atoms with Crippen LogP contribution in [0.25, 0.3) is 0 Å². The van der Waals surface area contributed by atoms with E-state index in [0.29, 0.717) is 30.5 Å². The second-order valence-corrected chi connectivity index (χ2v) is 6.12. The minimum Gasteiger partial charge on any atom is -0.367 e. The van der Waals surface area contributed by atoms with Crippen LogP contribution in [0.15, 0.2) is 29.9 Å². The lowest BCUT2D eigenvalue weighted by Crippen LogP contribution is -2.46. The van der Waals surface area contributed by atoms with Gasteiger partial charge in [0.25, 0.3) is 0 Å². The SMILES string of the molecule is O=C(Nc1ccc(Cl)nc1)C(=O)N1CCO[C@@H](c2nccs2)C1. The first-order chi connectivity index (χ1) is 11.1. The van der Waals surface area contributed by atoms with Gasteiger partial charge in [-0.15, -0.1) is 11.3 Å². The van der Waals surface area contributed by atoms with Crippen molar-refractivity contribution in [1.29, 1.82) is 0 Å². The summed E-state index contributed by atoms with van der Waals surface area (Å²) in [5.41, 5.74) is 0.414. The number of pyridine rings is 1. The molecule has 1 aliphatic heterocycles. The second kappa shape index (κ2) is 7.03. The molecule has 0 unspecified atom stereocenters. The molecule has 1 saturated heterocycles. The summed E-state index contributed by atoms with van der Waals surface area (Å²) in [7, 11) is 0. The normalized spacial score (nSPS) is 17.8. The zero-order chi connectivity index (χ0) is 16.2. The zero-order valence-electron chi connectivity index (χ0n) is 11.9. The van der Waals surface area contributed by atoms with Crippen molar-refractivity contribution >= 4 is 40.4 Å². The van der Waals surface area contributed by atoms with Gasteiger partial charge in [0, 0.05) is 18.1 Å². The molecule has 0 bridgehead atoms. The van der Waals surface area contributed by atoms with Crippen LogP contribution in [0.1, 0.15) is 11.1 Å². The summed E-state index contributed by atoms with van der Waals surface area (Å²) in [4.78, 5) is 33.9. The van der Waals surface area contributed by atoms with E-state index in [0.717, 1.165) is 5.01 Å². The summed E-state index contributed by atoms with van der Waals surface area (Å²) in [5.74, 6) is -1.32. The zero-order valence-corrected chi connectivity index (χ0v) is 13.5. The first-order valence-electron chi connectivity index (χ1n) is 6.86. The molecule has 1 N–H and O–H groups in total. The van der Waals surface area contributed by atoms with Crippen molar-refractivity contribution in [1.82, 2.24) is 14.9 Å². The molecule has 1 aliphatic rings. The van der Waals surface area contributed by atoms with Crippen LogP contribution >= 0.6 is 22.9 Å². The topological polar surface area (TPSA) is 84.4 Å². The van der Waals surface area contributed by atoms with Gasteiger partial charge in [0.05, 0.1) is 25.0 Å². The van der Waals surface area contributed by atoms with Crippen LogP contribution in [0, 0.1) is 0 Å². The van der Waals surface area contributed by atoms with Crippen LogP contribution < -0.4 is 5.32 Å². The number of carbonyl (C=O) groups excluding carboxylic acids is 2. The molecule has 0 aliphatic carbocycles. The number of rotatable bonds is 2. The smallest absolute Gasteiger partial charge is 0.313 e. The fourth-order valence-corrected chi connectivity index (χ4v) is 2.94. The number of nitrogens with zero attached hydrogens (tertiary/aromatic N) is 3. The number of aromatic nitrogens is 2. The average molecular weight is 353 g/mol. The highest BCUT2D eigenvalue weighted by atomic mass is 35.5. The monoisotopic (exact) mass is 352 g/mol. The minimum atomic E-state index is -0.714. The molecule has 7 nitrogen and oxygen atoms in total. The van der Waals surface area contributed by atoms with E-state index in [4.69, 9.17) is 16.3 Å². The van der Waals surface area contributed by atoms with Crippen LogP contribution in [0.3, 0.4) is 0 Å². The molecule has 120 valence electrons. The fourth-order valence-electron chi connectivity index (χ4n) is 2.15. The van der Waals surface area contributed by atoms with Crippen molar-refractivity contribution in [3.63, 3.8) is 0 Å². The van der Waals surface area contributed by atoms with Gasteiger partial charge < -0.3 is 15.0 Å². The number of thiazole rings is 1. The predicted molar refractivity (Wildman–Crippen MR) is 85.3 cm³/mol. The van der Waals surface area contributed by atoms with Gasteiger partial charge in [-0.25, -0.2) is 9.97 Å². The van der Waals surface area contributed by atoms with Crippen molar-refractivity contribution in [3.8, 4) is 0 Å². The van der Waals surface area contributed by atoms with Gasteiger partial charge in [0.2, 0.25) is 0 Å². The molecule has 2 aromatic rings. The highest BCUT2D eigenvalue weighted by Crippen LogP contribution is 2.24. The van der Waals surface area contributed by atoms with Crippen LogP contribution in [0.5, 0.6) is 0 Å². The Morgan fingerprint density at radius 2 is 2.26 bits per heavy atom. The van der Waals surface area contributed by atoms with Crippen molar-refractivity contribution in [2.24, 2.45) is 0 Å². The maximum Gasteiger partial charge on any atom is 0.313 e. The number of anilines is 1. The van der Waals surface area contributed by atoms with E-state index in [9.17, 15) is 9.59 Å². The maximum absolute atomic E-state index is 12.3. The Hall–Kier alpha value is -2.03. The van der Waals surface area contributed by atoms with Gasteiger partial charge in [-0.05, 0) is 12.1 Å².